The largest absolute Gasteiger partial charge is 0.255 e. The smallest absolute Gasteiger partial charge is 0.0623 e. The number of hydrogen-bond acceptors (Lipinski definition) is 2. The van der Waals surface area contributed by atoms with Crippen LogP contribution in [0.1, 0.15) is 0 Å². The molecule has 0 aliphatic rings. The van der Waals surface area contributed by atoms with Gasteiger partial charge in [0.2, 0.25) is 0 Å². The van der Waals surface area contributed by atoms with Crippen LogP contribution in [0.4, 0.5) is 0 Å². The van der Waals surface area contributed by atoms with Crippen LogP contribution in [-0.4, -0.2) is 10.5 Å². The molecule has 2 aromatic carbocycles. The van der Waals surface area contributed by atoms with Gasteiger partial charge in [-0.2, -0.15) is 0 Å². The zero-order valence-electron chi connectivity index (χ0n) is 7.82. The third-order valence-corrected chi connectivity index (χ3v) is 1.33. The molecule has 0 radical (unpaired) electrons. The van der Waals surface area contributed by atoms with Crippen molar-refractivity contribution in [3.05, 3.63) is 72.8 Å². The van der Waals surface area contributed by atoms with Crippen LogP contribution < -0.4 is 0 Å². The molecule has 0 spiro atoms. The van der Waals surface area contributed by atoms with Gasteiger partial charge < -0.3 is 0 Å². The molecule has 74 valence electrons. The molecule has 2 rings (SSSR count). The fourth-order valence-electron chi connectivity index (χ4n) is 0.770. The summed E-state index contributed by atoms with van der Waals surface area (Å²) in [6.45, 7) is 0. The quantitative estimate of drug-likeness (QED) is 0.493. The van der Waals surface area contributed by atoms with Gasteiger partial charge in [-0.15, -0.1) is 0 Å². The van der Waals surface area contributed by atoms with Gasteiger partial charge in [-0.25, -0.2) is 0 Å². The van der Waals surface area contributed by atoms with Crippen molar-refractivity contribution in [2.45, 2.75) is 0 Å². The summed E-state index contributed by atoms with van der Waals surface area (Å²) in [4.78, 5) is 0. The van der Waals surface area contributed by atoms with E-state index < -0.39 is 0 Å². The monoisotopic (exact) mass is 190 g/mol. The Morgan fingerprint density at radius 2 is 0.357 bits per heavy atom. The molecule has 0 amide bonds. The summed E-state index contributed by atoms with van der Waals surface area (Å²) in [5.41, 5.74) is 0. The van der Waals surface area contributed by atoms with E-state index in [1.165, 1.54) is 0 Å². The van der Waals surface area contributed by atoms with Crippen molar-refractivity contribution in [1.29, 1.82) is 0 Å². The Balaban J connectivity index is 0.000000206. The van der Waals surface area contributed by atoms with Crippen LogP contribution in [0.5, 0.6) is 0 Å². The maximum absolute atomic E-state index is 6.00. The van der Waals surface area contributed by atoms with Crippen molar-refractivity contribution in [2.75, 3.05) is 0 Å². The fraction of sp³-hybridized carbons (Fsp3) is 0. The summed E-state index contributed by atoms with van der Waals surface area (Å²) in [6, 6.07) is 24.0. The van der Waals surface area contributed by atoms with Gasteiger partial charge in [0.1, 0.15) is 0 Å². The Kier molecular flexibility index (Phi) is 10.0. The highest BCUT2D eigenvalue weighted by atomic mass is 17.0. The molecular weight excluding hydrogens is 176 g/mol. The molecule has 0 aromatic heterocycles. The minimum Gasteiger partial charge on any atom is -0.255 e. The average Bonchev–Trinajstić information content (AvgIpc) is 2.37. The highest BCUT2D eigenvalue weighted by molar-refractivity contribution is 4.99. The summed E-state index contributed by atoms with van der Waals surface area (Å²) >= 11 is 0. The van der Waals surface area contributed by atoms with Crippen molar-refractivity contribution >= 4 is 0 Å². The first-order valence-electron chi connectivity index (χ1n) is 4.20. The second-order valence-electron chi connectivity index (χ2n) is 2.31. The molecule has 0 aliphatic heterocycles. The predicted octanol–water partition coefficient (Wildman–Crippen LogP) is 3.39. The zero-order chi connectivity index (χ0) is 10.5. The van der Waals surface area contributed by atoms with Gasteiger partial charge in [-0.3, -0.25) is 10.5 Å². The summed E-state index contributed by atoms with van der Waals surface area (Å²) in [6.07, 6.45) is 0. The molecule has 14 heavy (non-hydrogen) atoms. The Bertz CT molecular complexity index is 184. The molecule has 0 heterocycles. The second kappa shape index (κ2) is 11.4. The SMILES string of the molecule is OO.c1ccccc1.c1ccccc1. The Morgan fingerprint density at radius 3 is 0.429 bits per heavy atom. The van der Waals surface area contributed by atoms with Gasteiger partial charge in [0.15, 0.2) is 0 Å². The van der Waals surface area contributed by atoms with Gasteiger partial charge in [-0.1, -0.05) is 72.8 Å². The molecule has 2 nitrogen and oxygen atoms in total. The summed E-state index contributed by atoms with van der Waals surface area (Å²) in [5.74, 6) is 0. The molecule has 0 unspecified atom stereocenters. The van der Waals surface area contributed by atoms with E-state index in [9.17, 15) is 0 Å². The molecule has 0 aliphatic carbocycles. The van der Waals surface area contributed by atoms with Gasteiger partial charge >= 0.3 is 0 Å². The average molecular weight is 190 g/mol. The van der Waals surface area contributed by atoms with E-state index in [1.807, 2.05) is 72.8 Å². The predicted molar refractivity (Wildman–Crippen MR) is 58.1 cm³/mol. The summed E-state index contributed by atoms with van der Waals surface area (Å²) in [5, 5.41) is 12.0. The first-order valence-corrected chi connectivity index (χ1v) is 4.20. The first kappa shape index (κ1) is 12.4. The van der Waals surface area contributed by atoms with Crippen molar-refractivity contribution in [3.8, 4) is 0 Å². The van der Waals surface area contributed by atoms with E-state index >= 15 is 0 Å². The lowest BCUT2D eigenvalue weighted by Gasteiger charge is -1.69. The van der Waals surface area contributed by atoms with Crippen molar-refractivity contribution < 1.29 is 10.5 Å². The standard InChI is InChI=1S/2C6H6.H2O2/c2*1-2-4-6-5-3-1;1-2/h2*1-6H;1-2H. The normalized spacial score (nSPS) is 7.29. The minimum atomic E-state index is 2.00. The zero-order valence-corrected chi connectivity index (χ0v) is 7.82. The molecule has 2 aromatic rings. The summed E-state index contributed by atoms with van der Waals surface area (Å²) in [7, 11) is 0. The minimum absolute atomic E-state index is 2.00. The highest BCUT2D eigenvalue weighted by Gasteiger charge is 1.58. The molecule has 0 bridgehead atoms. The molecule has 0 fully saturated rings. The lowest BCUT2D eigenvalue weighted by molar-refractivity contribution is -0.176. The lowest BCUT2D eigenvalue weighted by atomic mass is 10.4. The Morgan fingerprint density at radius 1 is 0.286 bits per heavy atom. The van der Waals surface area contributed by atoms with Gasteiger partial charge in [0, 0.05) is 0 Å². The number of rotatable bonds is 0. The van der Waals surface area contributed by atoms with Gasteiger partial charge in [0.05, 0.1) is 0 Å². The fourth-order valence-corrected chi connectivity index (χ4v) is 0.770. The van der Waals surface area contributed by atoms with E-state index in [-0.39, 0.29) is 0 Å². The Hall–Kier alpha value is -1.64. The van der Waals surface area contributed by atoms with Crippen molar-refractivity contribution in [3.63, 3.8) is 0 Å². The molecule has 2 heteroatoms. The van der Waals surface area contributed by atoms with E-state index in [0.29, 0.717) is 0 Å². The maximum Gasteiger partial charge on any atom is -0.0623 e. The van der Waals surface area contributed by atoms with E-state index in [2.05, 4.69) is 0 Å². The molecule has 0 saturated carbocycles. The van der Waals surface area contributed by atoms with Crippen molar-refractivity contribution in [1.82, 2.24) is 0 Å². The topological polar surface area (TPSA) is 40.5 Å². The van der Waals surface area contributed by atoms with E-state index in [0.717, 1.165) is 0 Å². The van der Waals surface area contributed by atoms with Crippen LogP contribution in [0.3, 0.4) is 0 Å². The molecule has 2 N–H and O–H groups in total. The Labute approximate surface area is 84.0 Å². The lowest BCUT2D eigenvalue weighted by Crippen LogP contribution is -1.47. The van der Waals surface area contributed by atoms with Crippen LogP contribution in [-0.2, 0) is 0 Å². The highest BCUT2D eigenvalue weighted by Crippen LogP contribution is 1.80. The number of hydrogen-bond donors (Lipinski definition) is 2. The van der Waals surface area contributed by atoms with Crippen LogP contribution in [0.15, 0.2) is 72.8 Å². The third kappa shape index (κ3) is 8.46. The number of benzene rings is 2. The van der Waals surface area contributed by atoms with E-state index in [1.54, 1.807) is 0 Å². The van der Waals surface area contributed by atoms with Crippen LogP contribution >= 0.6 is 0 Å². The molecule has 0 atom stereocenters. The second-order valence-corrected chi connectivity index (χ2v) is 2.31. The van der Waals surface area contributed by atoms with Crippen LogP contribution in [0.25, 0.3) is 0 Å². The van der Waals surface area contributed by atoms with Gasteiger partial charge in [0.25, 0.3) is 0 Å². The summed E-state index contributed by atoms with van der Waals surface area (Å²) < 4.78 is 0. The molecule has 0 saturated heterocycles. The van der Waals surface area contributed by atoms with Crippen molar-refractivity contribution in [2.24, 2.45) is 0 Å². The van der Waals surface area contributed by atoms with E-state index in [4.69, 9.17) is 10.5 Å². The maximum atomic E-state index is 6.00. The molecular formula is C12H14O2. The van der Waals surface area contributed by atoms with Crippen LogP contribution in [0.2, 0.25) is 0 Å². The first-order chi connectivity index (χ1) is 7.00. The van der Waals surface area contributed by atoms with Gasteiger partial charge in [-0.05, 0) is 0 Å². The third-order valence-electron chi connectivity index (χ3n) is 1.33. The van der Waals surface area contributed by atoms with Crippen LogP contribution in [0, 0.1) is 0 Å².